The lowest BCUT2D eigenvalue weighted by molar-refractivity contribution is -0.145. The number of carbonyl (C=O) groups excluding carboxylic acids is 3. The summed E-state index contributed by atoms with van der Waals surface area (Å²) in [5.41, 5.74) is 3.22. The molecule has 0 unspecified atom stereocenters. The summed E-state index contributed by atoms with van der Waals surface area (Å²) in [6.07, 6.45) is -0.877. The number of ether oxygens (including phenoxy) is 6. The van der Waals surface area contributed by atoms with Crippen molar-refractivity contribution >= 4 is 18.0 Å². The highest BCUT2D eigenvalue weighted by Gasteiger charge is 2.32. The van der Waals surface area contributed by atoms with Crippen LogP contribution in [0.5, 0.6) is 23.0 Å². The van der Waals surface area contributed by atoms with E-state index < -0.39 is 30.1 Å². The van der Waals surface area contributed by atoms with E-state index in [1.54, 1.807) is 36.4 Å². The van der Waals surface area contributed by atoms with Crippen molar-refractivity contribution in [1.82, 2.24) is 10.6 Å². The molecule has 0 saturated carbocycles. The van der Waals surface area contributed by atoms with Crippen LogP contribution in [0.2, 0.25) is 0 Å². The Morgan fingerprint density at radius 1 is 0.558 bits per heavy atom. The van der Waals surface area contributed by atoms with Crippen molar-refractivity contribution < 1.29 is 42.8 Å². The third kappa shape index (κ3) is 10.0. The fourth-order valence-electron chi connectivity index (χ4n) is 5.25. The van der Waals surface area contributed by atoms with E-state index in [2.05, 4.69) is 10.6 Å². The van der Waals surface area contributed by atoms with Gasteiger partial charge in [-0.05, 0) is 52.1 Å². The molecule has 0 aliphatic carbocycles. The average molecular weight is 705 g/mol. The molecule has 2 atom stereocenters. The Hall–Kier alpha value is -6.49. The zero-order chi connectivity index (χ0) is 36.7. The number of hydrogen-bond donors (Lipinski definition) is 2. The zero-order valence-corrected chi connectivity index (χ0v) is 29.1. The van der Waals surface area contributed by atoms with Crippen LogP contribution < -0.4 is 29.6 Å². The summed E-state index contributed by atoms with van der Waals surface area (Å²) in [5, 5.41) is 5.42. The van der Waals surface area contributed by atoms with E-state index in [0.29, 0.717) is 11.3 Å². The van der Waals surface area contributed by atoms with Crippen molar-refractivity contribution in [1.29, 1.82) is 0 Å². The van der Waals surface area contributed by atoms with Crippen LogP contribution in [-0.2, 0) is 38.9 Å². The third-order valence-electron chi connectivity index (χ3n) is 7.96. The fraction of sp³-hybridized carbons (Fsp3) is 0.195. The van der Waals surface area contributed by atoms with Crippen LogP contribution >= 0.6 is 0 Å². The highest BCUT2D eigenvalue weighted by molar-refractivity contribution is 5.91. The number of carbonyl (C=O) groups is 3. The van der Waals surface area contributed by atoms with Crippen LogP contribution in [0.3, 0.4) is 0 Å². The van der Waals surface area contributed by atoms with Gasteiger partial charge in [-0.25, -0.2) is 9.59 Å². The van der Waals surface area contributed by atoms with Crippen LogP contribution in [0, 0.1) is 0 Å². The van der Waals surface area contributed by atoms with Crippen molar-refractivity contribution in [3.63, 3.8) is 0 Å². The molecule has 0 bridgehead atoms. The van der Waals surface area contributed by atoms with Crippen molar-refractivity contribution in [2.24, 2.45) is 0 Å². The molecule has 5 rings (SSSR count). The Labute approximate surface area is 302 Å². The molecule has 5 aromatic rings. The van der Waals surface area contributed by atoms with Crippen molar-refractivity contribution in [3.8, 4) is 23.0 Å². The summed E-state index contributed by atoms with van der Waals surface area (Å²) in [5.74, 6) is -0.114. The van der Waals surface area contributed by atoms with Gasteiger partial charge in [-0.1, -0.05) is 103 Å². The van der Waals surface area contributed by atoms with Gasteiger partial charge in [0.15, 0.2) is 17.5 Å². The van der Waals surface area contributed by atoms with Crippen LogP contribution in [0.25, 0.3) is 0 Å². The van der Waals surface area contributed by atoms with E-state index in [1.165, 1.54) is 21.3 Å². The number of rotatable bonds is 16. The van der Waals surface area contributed by atoms with Gasteiger partial charge in [0, 0.05) is 0 Å². The molecule has 11 nitrogen and oxygen atoms in total. The first-order chi connectivity index (χ1) is 25.4. The molecule has 0 aliphatic heterocycles. The van der Waals surface area contributed by atoms with Gasteiger partial charge in [-0.15, -0.1) is 0 Å². The Kier molecular flexibility index (Phi) is 13.1. The SMILES string of the molecule is COC(=O)[C@H](NC(=O)[C@H](NC(=O)OCc1ccccc1)c1cc(OCc2ccccc2)c(OC)c(OCc2ccccc2)c1)c1ccc(OC)cc1. The van der Waals surface area contributed by atoms with Gasteiger partial charge in [-0.2, -0.15) is 0 Å². The third-order valence-corrected chi connectivity index (χ3v) is 7.96. The summed E-state index contributed by atoms with van der Waals surface area (Å²) in [4.78, 5) is 40.7. The Bertz CT molecular complexity index is 1840. The Balaban J connectivity index is 1.53. The highest BCUT2D eigenvalue weighted by atomic mass is 16.6. The summed E-state index contributed by atoms with van der Waals surface area (Å²) in [6.45, 7) is 0.297. The molecular weight excluding hydrogens is 664 g/mol. The molecule has 0 aromatic heterocycles. The largest absolute Gasteiger partial charge is 0.497 e. The maximum absolute atomic E-state index is 14.3. The highest BCUT2D eigenvalue weighted by Crippen LogP contribution is 2.41. The number of amides is 2. The van der Waals surface area contributed by atoms with Gasteiger partial charge in [0.1, 0.15) is 31.6 Å². The summed E-state index contributed by atoms with van der Waals surface area (Å²) in [6, 6.07) is 35.3. The van der Waals surface area contributed by atoms with Crippen molar-refractivity contribution in [2.75, 3.05) is 21.3 Å². The number of nitrogens with one attached hydrogen (secondary N) is 2. The van der Waals surface area contributed by atoms with E-state index in [-0.39, 0.29) is 42.6 Å². The van der Waals surface area contributed by atoms with E-state index in [1.807, 2.05) is 91.0 Å². The van der Waals surface area contributed by atoms with Crippen LogP contribution in [0.1, 0.15) is 39.9 Å². The summed E-state index contributed by atoms with van der Waals surface area (Å²) < 4.78 is 34.1. The molecule has 5 aromatic carbocycles. The molecule has 2 N–H and O–H groups in total. The molecule has 11 heteroatoms. The second-order valence-electron chi connectivity index (χ2n) is 11.5. The maximum Gasteiger partial charge on any atom is 0.408 e. The Morgan fingerprint density at radius 3 is 1.52 bits per heavy atom. The molecule has 52 heavy (non-hydrogen) atoms. The fourth-order valence-corrected chi connectivity index (χ4v) is 5.25. The van der Waals surface area contributed by atoms with Gasteiger partial charge in [0.2, 0.25) is 11.7 Å². The van der Waals surface area contributed by atoms with E-state index in [9.17, 15) is 14.4 Å². The van der Waals surface area contributed by atoms with Gasteiger partial charge in [0.05, 0.1) is 21.3 Å². The lowest BCUT2D eigenvalue weighted by Gasteiger charge is -2.24. The van der Waals surface area contributed by atoms with Crippen molar-refractivity contribution in [3.05, 3.63) is 155 Å². The summed E-state index contributed by atoms with van der Waals surface area (Å²) >= 11 is 0. The van der Waals surface area contributed by atoms with Crippen molar-refractivity contribution in [2.45, 2.75) is 31.9 Å². The molecule has 0 fully saturated rings. The monoisotopic (exact) mass is 704 g/mol. The number of esters is 1. The molecule has 0 spiro atoms. The minimum Gasteiger partial charge on any atom is -0.497 e. The molecule has 0 heterocycles. The molecule has 0 aliphatic rings. The van der Waals surface area contributed by atoms with Crippen LogP contribution in [0.4, 0.5) is 4.79 Å². The second-order valence-corrected chi connectivity index (χ2v) is 11.5. The Morgan fingerprint density at radius 2 is 1.06 bits per heavy atom. The van der Waals surface area contributed by atoms with Crippen LogP contribution in [-0.4, -0.2) is 39.3 Å². The minimum absolute atomic E-state index is 0.0445. The number of alkyl carbamates (subject to hydrolysis) is 1. The second kappa shape index (κ2) is 18.5. The van der Waals surface area contributed by atoms with Gasteiger partial charge in [0.25, 0.3) is 0 Å². The van der Waals surface area contributed by atoms with Gasteiger partial charge in [-0.3, -0.25) is 4.79 Å². The molecule has 2 amide bonds. The molecule has 268 valence electrons. The lowest BCUT2D eigenvalue weighted by atomic mass is 10.0. The predicted molar refractivity (Wildman–Crippen MR) is 193 cm³/mol. The molecule has 0 radical (unpaired) electrons. The van der Waals surface area contributed by atoms with E-state index in [4.69, 9.17) is 28.4 Å². The smallest absolute Gasteiger partial charge is 0.408 e. The van der Waals surface area contributed by atoms with Gasteiger partial charge < -0.3 is 39.1 Å². The average Bonchev–Trinajstić information content (AvgIpc) is 3.20. The first kappa shape index (κ1) is 36.8. The minimum atomic E-state index is -1.40. The number of benzene rings is 5. The standard InChI is InChI=1S/C41H40N2O9/c1-47-33-21-19-31(20-22-33)37(40(45)49-3)42-39(44)36(43-41(46)52-27-30-17-11-6-12-18-30)32-23-34(50-25-28-13-7-4-8-14-28)38(48-2)35(24-32)51-26-29-15-9-5-10-16-29/h4-24,36-37H,25-27H2,1-3H3,(H,42,44)(H,43,46)/t36-,37-/m1/s1. The number of hydrogen-bond acceptors (Lipinski definition) is 9. The molecule has 0 saturated heterocycles. The first-order valence-corrected chi connectivity index (χ1v) is 16.4. The number of methoxy groups -OCH3 is 3. The first-order valence-electron chi connectivity index (χ1n) is 16.4. The molecular formula is C41H40N2O9. The predicted octanol–water partition coefficient (Wildman–Crippen LogP) is 6.86. The normalized spacial score (nSPS) is 11.7. The van der Waals surface area contributed by atoms with Gasteiger partial charge >= 0.3 is 12.1 Å². The lowest BCUT2D eigenvalue weighted by Crippen LogP contribution is -2.44. The quantitative estimate of drug-likeness (QED) is 0.106. The van der Waals surface area contributed by atoms with E-state index >= 15 is 0 Å². The van der Waals surface area contributed by atoms with Crippen LogP contribution in [0.15, 0.2) is 127 Å². The maximum atomic E-state index is 14.3. The zero-order valence-electron chi connectivity index (χ0n) is 29.1. The summed E-state index contributed by atoms with van der Waals surface area (Å²) in [7, 11) is 4.23. The topological polar surface area (TPSA) is 131 Å². The van der Waals surface area contributed by atoms with E-state index in [0.717, 1.165) is 16.7 Å².